The van der Waals surface area contributed by atoms with Crippen LogP contribution in [0.3, 0.4) is 0 Å². The van der Waals surface area contributed by atoms with Crippen LogP contribution >= 0.6 is 0 Å². The molecule has 7 aromatic rings. The molecule has 2 aliphatic rings. The van der Waals surface area contributed by atoms with Crippen molar-refractivity contribution in [3.8, 4) is 56.8 Å². The van der Waals surface area contributed by atoms with Gasteiger partial charge in [-0.25, -0.2) is 15.0 Å². The molecule has 1 aliphatic heterocycles. The van der Waals surface area contributed by atoms with Gasteiger partial charge < -0.3 is 4.74 Å². The van der Waals surface area contributed by atoms with Gasteiger partial charge in [-0.2, -0.15) is 0 Å². The Hall–Kier alpha value is -5.87. The first kappa shape index (κ1) is 24.7. The topological polar surface area (TPSA) is 47.9 Å². The normalized spacial score (nSPS) is 13.4. The highest BCUT2D eigenvalue weighted by molar-refractivity contribution is 5.88. The maximum absolute atomic E-state index is 6.71. The number of rotatable bonds is 3. The number of aromatic nitrogens is 3. The molecule has 9 rings (SSSR count). The standard InChI is InChI=1S/C40H25N3O/c1-3-13-26(14-4-1)37-41-38(27-15-5-2-6-16-27)43-39(42-37)28-23-24-34-36(25-28)44-35-22-12-11-21-33(35)40(34)31-19-9-7-17-29(31)30-18-8-10-20-32(30)40/h1-25H. The molecule has 0 saturated carbocycles. The summed E-state index contributed by atoms with van der Waals surface area (Å²) in [4.78, 5) is 14.8. The first-order chi connectivity index (χ1) is 21.8. The lowest BCUT2D eigenvalue weighted by atomic mass is 9.66. The zero-order chi connectivity index (χ0) is 29.1. The fourth-order valence-corrected chi connectivity index (χ4v) is 6.94. The van der Waals surface area contributed by atoms with Crippen LogP contribution in [0.25, 0.3) is 45.3 Å². The van der Waals surface area contributed by atoms with Crippen LogP contribution in [0.2, 0.25) is 0 Å². The van der Waals surface area contributed by atoms with Gasteiger partial charge in [0.05, 0.1) is 5.41 Å². The Labute approximate surface area is 255 Å². The number of hydrogen-bond donors (Lipinski definition) is 0. The third kappa shape index (κ3) is 3.55. The van der Waals surface area contributed by atoms with Gasteiger partial charge in [-0.1, -0.05) is 140 Å². The summed E-state index contributed by atoms with van der Waals surface area (Å²) in [5.74, 6) is 3.52. The van der Waals surface area contributed by atoms with Gasteiger partial charge in [0.25, 0.3) is 0 Å². The van der Waals surface area contributed by atoms with Crippen molar-refractivity contribution in [2.45, 2.75) is 5.41 Å². The van der Waals surface area contributed by atoms with Crippen LogP contribution in [0.5, 0.6) is 11.5 Å². The van der Waals surface area contributed by atoms with Crippen LogP contribution in [-0.2, 0) is 5.41 Å². The van der Waals surface area contributed by atoms with E-state index in [0.717, 1.165) is 39.3 Å². The summed E-state index contributed by atoms with van der Waals surface area (Å²) in [5, 5.41) is 0. The zero-order valence-electron chi connectivity index (χ0n) is 23.7. The molecule has 0 unspecified atom stereocenters. The minimum Gasteiger partial charge on any atom is -0.457 e. The summed E-state index contributed by atoms with van der Waals surface area (Å²) in [6.07, 6.45) is 0. The molecule has 0 bridgehead atoms. The summed E-state index contributed by atoms with van der Waals surface area (Å²) >= 11 is 0. The van der Waals surface area contributed by atoms with Gasteiger partial charge in [0.1, 0.15) is 11.5 Å². The molecular weight excluding hydrogens is 538 g/mol. The van der Waals surface area contributed by atoms with Crippen molar-refractivity contribution in [2.75, 3.05) is 0 Å². The number of fused-ring (bicyclic) bond motifs is 9. The van der Waals surface area contributed by atoms with Crippen LogP contribution in [0.1, 0.15) is 22.3 Å². The monoisotopic (exact) mass is 563 g/mol. The van der Waals surface area contributed by atoms with E-state index in [0.29, 0.717) is 17.5 Å². The summed E-state index contributed by atoms with van der Waals surface area (Å²) in [6.45, 7) is 0. The van der Waals surface area contributed by atoms with Crippen molar-refractivity contribution in [1.82, 2.24) is 15.0 Å². The minimum absolute atomic E-state index is 0.501. The largest absolute Gasteiger partial charge is 0.457 e. The minimum atomic E-state index is -0.501. The lowest BCUT2D eigenvalue weighted by Gasteiger charge is -2.39. The predicted molar refractivity (Wildman–Crippen MR) is 174 cm³/mol. The van der Waals surface area contributed by atoms with Crippen molar-refractivity contribution < 1.29 is 4.74 Å². The molecule has 2 heterocycles. The second kappa shape index (κ2) is 9.58. The van der Waals surface area contributed by atoms with Gasteiger partial charge in [0, 0.05) is 27.8 Å². The Kier molecular flexibility index (Phi) is 5.38. The fourth-order valence-electron chi connectivity index (χ4n) is 6.94. The fraction of sp³-hybridized carbons (Fsp3) is 0.0250. The maximum atomic E-state index is 6.71. The van der Waals surface area contributed by atoms with E-state index in [-0.39, 0.29) is 0 Å². The van der Waals surface area contributed by atoms with Gasteiger partial charge in [0.2, 0.25) is 0 Å². The van der Waals surface area contributed by atoms with E-state index in [1.807, 2.05) is 66.7 Å². The molecule has 0 saturated heterocycles. The number of benzene rings is 6. The molecule has 6 aromatic carbocycles. The van der Waals surface area contributed by atoms with Crippen LogP contribution in [0.15, 0.2) is 152 Å². The van der Waals surface area contributed by atoms with E-state index in [4.69, 9.17) is 19.7 Å². The molecule has 4 heteroatoms. The number of hydrogen-bond acceptors (Lipinski definition) is 4. The highest BCUT2D eigenvalue weighted by Gasteiger charge is 2.50. The molecule has 0 amide bonds. The average Bonchev–Trinajstić information content (AvgIpc) is 3.39. The molecule has 206 valence electrons. The number of ether oxygens (including phenoxy) is 1. The van der Waals surface area contributed by atoms with E-state index in [2.05, 4.69) is 84.9 Å². The van der Waals surface area contributed by atoms with Crippen molar-refractivity contribution in [3.05, 3.63) is 174 Å². The molecule has 4 nitrogen and oxygen atoms in total. The molecular formula is C40H25N3O. The third-order valence-corrected chi connectivity index (χ3v) is 8.81. The van der Waals surface area contributed by atoms with E-state index in [1.54, 1.807) is 0 Å². The highest BCUT2D eigenvalue weighted by atomic mass is 16.5. The maximum Gasteiger partial charge on any atom is 0.164 e. The Morgan fingerprint density at radius 1 is 0.364 bits per heavy atom. The lowest BCUT2D eigenvalue weighted by Crippen LogP contribution is -2.32. The van der Waals surface area contributed by atoms with Crippen molar-refractivity contribution >= 4 is 0 Å². The van der Waals surface area contributed by atoms with Gasteiger partial charge in [-0.15, -0.1) is 0 Å². The zero-order valence-corrected chi connectivity index (χ0v) is 23.7. The first-order valence-electron chi connectivity index (χ1n) is 14.8. The van der Waals surface area contributed by atoms with Crippen LogP contribution in [0, 0.1) is 0 Å². The summed E-state index contributed by atoms with van der Waals surface area (Å²) in [5.41, 5.74) is 9.55. The van der Waals surface area contributed by atoms with Crippen molar-refractivity contribution in [1.29, 1.82) is 0 Å². The molecule has 1 aliphatic carbocycles. The van der Waals surface area contributed by atoms with Gasteiger partial charge in [0.15, 0.2) is 17.5 Å². The Balaban J connectivity index is 1.28. The van der Waals surface area contributed by atoms with Crippen molar-refractivity contribution in [2.24, 2.45) is 0 Å². The summed E-state index contributed by atoms with van der Waals surface area (Å²) in [7, 11) is 0. The second-order valence-electron chi connectivity index (χ2n) is 11.2. The smallest absolute Gasteiger partial charge is 0.164 e. The Bertz CT molecular complexity index is 2110. The predicted octanol–water partition coefficient (Wildman–Crippen LogP) is 9.34. The third-order valence-electron chi connectivity index (χ3n) is 8.81. The van der Waals surface area contributed by atoms with Crippen molar-refractivity contribution in [3.63, 3.8) is 0 Å². The van der Waals surface area contributed by atoms with E-state index in [9.17, 15) is 0 Å². The quantitative estimate of drug-likeness (QED) is 0.215. The molecule has 0 fully saturated rings. The Morgan fingerprint density at radius 2 is 0.818 bits per heavy atom. The number of para-hydroxylation sites is 1. The van der Waals surface area contributed by atoms with Gasteiger partial charge >= 0.3 is 0 Å². The van der Waals surface area contributed by atoms with Crippen LogP contribution < -0.4 is 4.74 Å². The lowest BCUT2D eigenvalue weighted by molar-refractivity contribution is 0.436. The van der Waals surface area contributed by atoms with E-state index >= 15 is 0 Å². The molecule has 0 atom stereocenters. The molecule has 0 N–H and O–H groups in total. The summed E-state index contributed by atoms with van der Waals surface area (Å²) < 4.78 is 6.71. The SMILES string of the molecule is c1ccc(-c2nc(-c3ccccc3)nc(-c3ccc4c(c3)Oc3ccccc3C43c4ccccc4-c4ccccc43)n2)cc1. The highest BCUT2D eigenvalue weighted by Crippen LogP contribution is 2.62. The molecule has 1 aromatic heterocycles. The van der Waals surface area contributed by atoms with Gasteiger partial charge in [-0.3, -0.25) is 0 Å². The Morgan fingerprint density at radius 3 is 1.41 bits per heavy atom. The van der Waals surface area contributed by atoms with E-state index in [1.165, 1.54) is 22.3 Å². The van der Waals surface area contributed by atoms with E-state index < -0.39 is 5.41 Å². The van der Waals surface area contributed by atoms with Crippen LogP contribution in [-0.4, -0.2) is 15.0 Å². The number of nitrogens with zero attached hydrogens (tertiary/aromatic N) is 3. The van der Waals surface area contributed by atoms with Crippen LogP contribution in [0.4, 0.5) is 0 Å². The first-order valence-corrected chi connectivity index (χ1v) is 14.8. The average molecular weight is 564 g/mol. The van der Waals surface area contributed by atoms with Gasteiger partial charge in [-0.05, 0) is 34.4 Å². The molecule has 1 spiro atoms. The second-order valence-corrected chi connectivity index (χ2v) is 11.2. The molecule has 44 heavy (non-hydrogen) atoms. The molecule has 0 radical (unpaired) electrons. The summed E-state index contributed by atoms with van der Waals surface area (Å²) in [6, 6.07) is 52.5.